The first-order chi connectivity index (χ1) is 31.1. The van der Waals surface area contributed by atoms with Crippen molar-refractivity contribution < 1.29 is 46.3 Å². The van der Waals surface area contributed by atoms with Gasteiger partial charge in [0.15, 0.2) is 28.4 Å². The van der Waals surface area contributed by atoms with Gasteiger partial charge in [-0.1, -0.05) is 50.2 Å². The number of amides is 3. The average molecular weight is 920 g/mol. The second-order valence-corrected chi connectivity index (χ2v) is 20.0. The molecule has 0 aliphatic carbocycles. The topological polar surface area (TPSA) is 185 Å². The fourth-order valence-electron chi connectivity index (χ4n) is 9.08. The number of benzene rings is 5. The van der Waals surface area contributed by atoms with Gasteiger partial charge >= 0.3 is 0 Å². The van der Waals surface area contributed by atoms with Gasteiger partial charge in [-0.2, -0.15) is 21.0 Å². The summed E-state index contributed by atoms with van der Waals surface area (Å²) in [6.07, 6.45) is 1.73. The summed E-state index contributed by atoms with van der Waals surface area (Å²) in [6.45, 7) is 4.41. The first-order valence-electron chi connectivity index (χ1n) is 21.2. The van der Waals surface area contributed by atoms with Crippen molar-refractivity contribution in [2.45, 2.75) is 74.9 Å². The summed E-state index contributed by atoms with van der Waals surface area (Å²) >= 11 is 4.58. The largest absolute Gasteiger partial charge is 0.493 e. The summed E-state index contributed by atoms with van der Waals surface area (Å²) < 4.78 is 60.0. The summed E-state index contributed by atoms with van der Waals surface area (Å²) in [7, 11) is -1.76. The van der Waals surface area contributed by atoms with Crippen molar-refractivity contribution in [3.8, 4) is 23.0 Å². The standard InChI is InChI=1S/C48H49N5O10S2/c1-48(2,64)14-13-44(54)50-31-16-27(25-62-42-22-35-33(20-40(42)60-3)46(55)52-32(24-49-35)18-29-9-5-7-11-37(29)52)15-28(17-31)26-63-43-23-36-34(21-41(43)61-4)47(56)53-38-12-8-6-10-30(38)19-39(53)45(51-36)65(57,58)59/h5-12,15-17,20-23,32,39,45,49,51,64H,13-14,18-19,24-26H2,1-4H3,(H,50,54)(H,57,58,59)/t32-,39?,45?/m0/s1. The van der Waals surface area contributed by atoms with E-state index in [9.17, 15) is 27.4 Å². The maximum atomic E-state index is 14.2. The third-order valence-electron chi connectivity index (χ3n) is 12.2. The van der Waals surface area contributed by atoms with Gasteiger partial charge in [0.1, 0.15) is 13.2 Å². The number of rotatable bonds is 13. The Morgan fingerprint density at radius 1 is 0.785 bits per heavy atom. The maximum Gasteiger partial charge on any atom is 0.288 e. The number of fused-ring (bicyclic) bond motifs is 8. The van der Waals surface area contributed by atoms with Gasteiger partial charge in [-0.05, 0) is 84.0 Å². The van der Waals surface area contributed by atoms with Gasteiger partial charge in [0, 0.05) is 46.9 Å². The molecule has 5 aromatic carbocycles. The van der Waals surface area contributed by atoms with Crippen LogP contribution < -0.4 is 44.7 Å². The van der Waals surface area contributed by atoms with Crippen molar-refractivity contribution in [1.29, 1.82) is 0 Å². The fourth-order valence-corrected chi connectivity index (χ4v) is 10.1. The van der Waals surface area contributed by atoms with E-state index < -0.39 is 27.4 Å². The monoisotopic (exact) mass is 919 g/mol. The van der Waals surface area contributed by atoms with Crippen LogP contribution in [0.25, 0.3) is 0 Å². The summed E-state index contributed by atoms with van der Waals surface area (Å²) in [5, 5.41) is 7.84. The van der Waals surface area contributed by atoms with Crippen LogP contribution in [0.4, 0.5) is 28.4 Å². The first kappa shape index (κ1) is 43.8. The summed E-state index contributed by atoms with van der Waals surface area (Å²) in [5.41, 5.74) is 6.53. The molecule has 17 heteroatoms. The van der Waals surface area contributed by atoms with Gasteiger partial charge in [0.05, 0.1) is 48.8 Å². The second kappa shape index (κ2) is 17.2. The Balaban J connectivity index is 0.993. The lowest BCUT2D eigenvalue weighted by atomic mass is 10.1. The number of para-hydroxylation sites is 2. The van der Waals surface area contributed by atoms with E-state index in [1.165, 1.54) is 31.3 Å². The molecule has 338 valence electrons. The van der Waals surface area contributed by atoms with Crippen LogP contribution in [0.1, 0.15) is 69.7 Å². The van der Waals surface area contributed by atoms with E-state index in [1.807, 2.05) is 55.1 Å². The molecule has 15 nitrogen and oxygen atoms in total. The van der Waals surface area contributed by atoms with E-state index in [1.54, 1.807) is 36.4 Å². The summed E-state index contributed by atoms with van der Waals surface area (Å²) in [6, 6.07) is 26.0. The van der Waals surface area contributed by atoms with Crippen LogP contribution >= 0.6 is 12.6 Å². The molecule has 0 bridgehead atoms. The highest BCUT2D eigenvalue weighted by atomic mass is 32.2. The quantitative estimate of drug-likeness (QED) is 0.0580. The lowest BCUT2D eigenvalue weighted by Crippen LogP contribution is -2.49. The Morgan fingerprint density at radius 3 is 1.94 bits per heavy atom. The highest BCUT2D eigenvalue weighted by Crippen LogP contribution is 2.44. The third-order valence-corrected chi connectivity index (χ3v) is 13.5. The third kappa shape index (κ3) is 8.75. The van der Waals surface area contributed by atoms with Crippen molar-refractivity contribution in [2.75, 3.05) is 46.5 Å². The number of anilines is 5. The zero-order chi connectivity index (χ0) is 45.8. The molecule has 0 spiro atoms. The van der Waals surface area contributed by atoms with Crippen LogP contribution in [0.15, 0.2) is 91.0 Å². The molecule has 0 saturated carbocycles. The predicted octanol–water partition coefficient (Wildman–Crippen LogP) is 7.50. The molecule has 65 heavy (non-hydrogen) atoms. The number of hydrogen-bond donors (Lipinski definition) is 5. The fraction of sp³-hybridized carbons (Fsp3) is 0.312. The molecular weight excluding hydrogens is 871 g/mol. The molecule has 4 heterocycles. The molecule has 3 amide bonds. The maximum absolute atomic E-state index is 14.2. The minimum absolute atomic E-state index is 0.0393. The van der Waals surface area contributed by atoms with Gasteiger partial charge in [0.2, 0.25) is 5.91 Å². The number of ether oxygens (including phenoxy) is 4. The van der Waals surface area contributed by atoms with E-state index in [2.05, 4.69) is 34.6 Å². The van der Waals surface area contributed by atoms with E-state index >= 15 is 0 Å². The SMILES string of the molecule is COc1cc2c(cc1OCc1cc(COc3cc4c(cc3OC)C(=O)N3c5ccccc5C[C@H]3CN4)cc(NC(=O)CCC(C)(C)S)c1)NC(S(=O)(=O)O)C1Cc3ccccc3N1C2=O. The molecule has 4 aliphatic heterocycles. The molecule has 4 aliphatic rings. The van der Waals surface area contributed by atoms with Gasteiger partial charge < -0.3 is 44.7 Å². The Kier molecular flexibility index (Phi) is 11.6. The van der Waals surface area contributed by atoms with E-state index in [-0.39, 0.29) is 71.4 Å². The highest BCUT2D eigenvalue weighted by molar-refractivity contribution is 7.86. The second-order valence-electron chi connectivity index (χ2n) is 17.3. The zero-order valence-corrected chi connectivity index (χ0v) is 37.9. The molecular formula is C48H49N5O10S2. The minimum Gasteiger partial charge on any atom is -0.493 e. The zero-order valence-electron chi connectivity index (χ0n) is 36.2. The molecule has 0 radical (unpaired) electrons. The number of methoxy groups -OCH3 is 2. The Bertz CT molecular complexity index is 2850. The number of nitrogens with one attached hydrogen (secondary N) is 3. The molecule has 0 aromatic heterocycles. The number of nitrogens with zero attached hydrogens (tertiary/aromatic N) is 2. The Hall–Kier alpha value is -6.43. The summed E-state index contributed by atoms with van der Waals surface area (Å²) in [5.74, 6) is 0.374. The predicted molar refractivity (Wildman–Crippen MR) is 251 cm³/mol. The highest BCUT2D eigenvalue weighted by Gasteiger charge is 2.47. The van der Waals surface area contributed by atoms with Crippen molar-refractivity contribution in [2.24, 2.45) is 0 Å². The van der Waals surface area contributed by atoms with Crippen molar-refractivity contribution in [3.63, 3.8) is 0 Å². The molecule has 0 saturated heterocycles. The Labute approximate surface area is 382 Å². The lowest BCUT2D eigenvalue weighted by Gasteiger charge is -2.27. The van der Waals surface area contributed by atoms with Crippen molar-refractivity contribution in [1.82, 2.24) is 0 Å². The average Bonchev–Trinajstić information content (AvgIpc) is 3.77. The van der Waals surface area contributed by atoms with Gasteiger partial charge in [-0.3, -0.25) is 18.9 Å². The van der Waals surface area contributed by atoms with E-state index in [4.69, 9.17) is 18.9 Å². The normalized spacial score (nSPS) is 18.3. The Morgan fingerprint density at radius 2 is 1.34 bits per heavy atom. The summed E-state index contributed by atoms with van der Waals surface area (Å²) in [4.78, 5) is 44.7. The molecule has 9 rings (SSSR count). The van der Waals surface area contributed by atoms with Crippen LogP contribution in [-0.4, -0.2) is 73.7 Å². The van der Waals surface area contributed by atoms with Gasteiger partial charge in [-0.25, -0.2) is 0 Å². The molecule has 3 atom stereocenters. The van der Waals surface area contributed by atoms with E-state index in [0.29, 0.717) is 58.2 Å². The van der Waals surface area contributed by atoms with Crippen LogP contribution in [0.2, 0.25) is 0 Å². The van der Waals surface area contributed by atoms with Crippen molar-refractivity contribution in [3.05, 3.63) is 124 Å². The van der Waals surface area contributed by atoms with Crippen LogP contribution in [0, 0.1) is 0 Å². The number of thiol groups is 1. The molecule has 5 aromatic rings. The molecule has 4 N–H and O–H groups in total. The lowest BCUT2D eigenvalue weighted by molar-refractivity contribution is -0.116. The molecule has 0 fully saturated rings. The first-order valence-corrected chi connectivity index (χ1v) is 23.2. The van der Waals surface area contributed by atoms with Crippen LogP contribution in [-0.2, 0) is 41.0 Å². The number of hydrogen-bond acceptors (Lipinski definition) is 12. The minimum atomic E-state index is -4.71. The number of carbonyl (C=O) groups is 3. The van der Waals surface area contributed by atoms with Crippen molar-refractivity contribution >= 4 is 68.9 Å². The van der Waals surface area contributed by atoms with E-state index in [0.717, 1.165) is 23.2 Å². The van der Waals surface area contributed by atoms with Crippen LogP contribution in [0.3, 0.4) is 0 Å². The van der Waals surface area contributed by atoms with Gasteiger partial charge in [0.25, 0.3) is 21.9 Å². The number of carbonyl (C=O) groups excluding carboxylic acids is 3. The van der Waals surface area contributed by atoms with Gasteiger partial charge in [-0.15, -0.1) is 0 Å². The molecule has 2 unspecified atom stereocenters. The smallest absolute Gasteiger partial charge is 0.288 e. The van der Waals surface area contributed by atoms with Crippen LogP contribution in [0.5, 0.6) is 23.0 Å².